The van der Waals surface area contributed by atoms with E-state index in [0.717, 1.165) is 17.1 Å². The summed E-state index contributed by atoms with van der Waals surface area (Å²) < 4.78 is 0. The van der Waals surface area contributed by atoms with Gasteiger partial charge in [-0.05, 0) is 113 Å². The summed E-state index contributed by atoms with van der Waals surface area (Å²) >= 11 is 0. The Morgan fingerprint density at radius 3 is 1.65 bits per heavy atom. The highest BCUT2D eigenvalue weighted by Crippen LogP contribution is 2.43. The van der Waals surface area contributed by atoms with Crippen molar-refractivity contribution in [2.75, 3.05) is 4.90 Å². The fraction of sp³-hybridized carbons (Fsp3) is 0.0385. The molecule has 9 aromatic carbocycles. The number of nitrogens with zero attached hydrogens (tertiary/aromatic N) is 1. The molecule has 1 heterocycles. The topological polar surface area (TPSA) is 3.24 Å². The van der Waals surface area contributed by atoms with Crippen LogP contribution in [0.25, 0.3) is 66.1 Å². The predicted octanol–water partition coefficient (Wildman–Crippen LogP) is 13.3. The summed E-state index contributed by atoms with van der Waals surface area (Å²) in [5.41, 5.74) is 13.6. The minimum absolute atomic E-state index is 1.12. The normalized spacial score (nSPS) is 12.8. The van der Waals surface area contributed by atoms with Crippen molar-refractivity contribution in [3.8, 4) is 44.5 Å². The first-order valence-electron chi connectivity index (χ1n) is 18.8. The predicted molar refractivity (Wildman–Crippen MR) is 235 cm³/mol. The maximum atomic E-state index is 2.50. The zero-order valence-corrected chi connectivity index (χ0v) is 31.5. The highest BCUT2D eigenvalue weighted by atomic mass is 28.3. The summed E-state index contributed by atoms with van der Waals surface area (Å²) in [5, 5.41) is 8.09. The lowest BCUT2D eigenvalue weighted by Gasteiger charge is -2.28. The third-order valence-electron chi connectivity index (χ3n) is 11.4. The molecule has 0 bridgehead atoms. The van der Waals surface area contributed by atoms with Crippen molar-refractivity contribution in [2.24, 2.45) is 0 Å². The van der Waals surface area contributed by atoms with Crippen molar-refractivity contribution in [1.29, 1.82) is 0 Å². The molecule has 9 aromatic rings. The Hall–Kier alpha value is -6.48. The van der Waals surface area contributed by atoms with Crippen LogP contribution in [0.4, 0.5) is 17.1 Å². The van der Waals surface area contributed by atoms with Crippen LogP contribution < -0.4 is 15.3 Å². The summed E-state index contributed by atoms with van der Waals surface area (Å²) in [6.45, 7) is 5.01. The van der Waals surface area contributed by atoms with E-state index in [9.17, 15) is 0 Å². The van der Waals surface area contributed by atoms with Crippen molar-refractivity contribution in [1.82, 2.24) is 0 Å². The molecule has 54 heavy (non-hydrogen) atoms. The van der Waals surface area contributed by atoms with Gasteiger partial charge in [-0.25, -0.2) is 0 Å². The largest absolute Gasteiger partial charge is 0.310 e. The van der Waals surface area contributed by atoms with Crippen LogP contribution in [0.1, 0.15) is 0 Å². The van der Waals surface area contributed by atoms with Crippen LogP contribution in [0.2, 0.25) is 13.1 Å². The SMILES string of the molecule is C[Si]1(C)c2ccccc2-c2cccc(-c3ccc(N(c4ccc(-c5ccccc5)c(-c5ccccc5)c4)c4ccc5ccc6ccccc6c5c4)cc3)c21. The standard InChI is InChI=1S/C52H39NSi/c1-54(2)51-23-12-11-20-47(51)48-22-13-21-46(52(48)54)39-26-29-41(30-27-39)53(42-31-28-40-25-24-38-18-9-10-19-44(38)50(40)34-42)43-32-33-45(36-14-5-3-6-15-36)49(35-43)37-16-7-4-8-17-37/h3-35H,1-2H3. The van der Waals surface area contributed by atoms with Gasteiger partial charge >= 0.3 is 0 Å². The number of anilines is 3. The summed E-state index contributed by atoms with van der Waals surface area (Å²) in [7, 11) is -1.88. The van der Waals surface area contributed by atoms with Crippen LogP contribution in [0, 0.1) is 0 Å². The Bertz CT molecular complexity index is 2840. The molecule has 0 radical (unpaired) electrons. The van der Waals surface area contributed by atoms with Crippen LogP contribution >= 0.6 is 0 Å². The maximum Gasteiger partial charge on any atom is 0.114 e. The Kier molecular flexibility index (Phi) is 7.67. The molecular formula is C52H39NSi. The van der Waals surface area contributed by atoms with Crippen LogP contribution in [0.3, 0.4) is 0 Å². The van der Waals surface area contributed by atoms with E-state index < -0.39 is 8.07 Å². The van der Waals surface area contributed by atoms with E-state index in [1.54, 1.807) is 5.19 Å². The van der Waals surface area contributed by atoms with Crippen molar-refractivity contribution >= 4 is 57.1 Å². The third-order valence-corrected chi connectivity index (χ3v) is 15.0. The van der Waals surface area contributed by atoms with Crippen molar-refractivity contribution < 1.29 is 0 Å². The van der Waals surface area contributed by atoms with Crippen molar-refractivity contribution in [2.45, 2.75) is 13.1 Å². The third kappa shape index (κ3) is 5.30. The first-order valence-corrected chi connectivity index (χ1v) is 21.8. The molecule has 1 nitrogen and oxygen atoms in total. The summed E-state index contributed by atoms with van der Waals surface area (Å²) in [4.78, 5) is 2.43. The minimum Gasteiger partial charge on any atom is -0.310 e. The fourth-order valence-corrected chi connectivity index (χ4v) is 12.3. The lowest BCUT2D eigenvalue weighted by Crippen LogP contribution is -2.50. The number of rotatable bonds is 6. The molecule has 0 N–H and O–H groups in total. The van der Waals surface area contributed by atoms with Gasteiger partial charge in [-0.3, -0.25) is 0 Å². The molecule has 2 heteroatoms. The van der Waals surface area contributed by atoms with Gasteiger partial charge in [0.2, 0.25) is 0 Å². The van der Waals surface area contributed by atoms with Crippen LogP contribution in [0.15, 0.2) is 200 Å². The quantitative estimate of drug-likeness (QED) is 0.123. The minimum atomic E-state index is -1.88. The van der Waals surface area contributed by atoms with Gasteiger partial charge in [0.25, 0.3) is 0 Å². The molecule has 0 aromatic heterocycles. The fourth-order valence-electron chi connectivity index (χ4n) is 8.85. The molecule has 0 saturated heterocycles. The zero-order valence-electron chi connectivity index (χ0n) is 30.5. The summed E-state index contributed by atoms with van der Waals surface area (Å²) in [6.07, 6.45) is 0. The van der Waals surface area contributed by atoms with Gasteiger partial charge in [-0.15, -0.1) is 0 Å². The van der Waals surface area contributed by atoms with E-state index in [1.165, 1.54) is 71.2 Å². The average molecular weight is 706 g/mol. The van der Waals surface area contributed by atoms with Crippen molar-refractivity contribution in [3.05, 3.63) is 200 Å². The first kappa shape index (κ1) is 32.2. The number of hydrogen-bond donors (Lipinski definition) is 0. The van der Waals surface area contributed by atoms with E-state index in [1.807, 2.05) is 0 Å². The Balaban J connectivity index is 1.16. The molecule has 0 amide bonds. The molecule has 256 valence electrons. The van der Waals surface area contributed by atoms with Gasteiger partial charge in [0, 0.05) is 17.1 Å². The lowest BCUT2D eigenvalue weighted by atomic mass is 9.93. The monoisotopic (exact) mass is 705 g/mol. The Labute approximate surface area is 318 Å². The van der Waals surface area contributed by atoms with Crippen LogP contribution in [-0.2, 0) is 0 Å². The smallest absolute Gasteiger partial charge is 0.114 e. The van der Waals surface area contributed by atoms with Gasteiger partial charge in [0.05, 0.1) is 0 Å². The molecule has 1 aliphatic rings. The van der Waals surface area contributed by atoms with Crippen molar-refractivity contribution in [3.63, 3.8) is 0 Å². The number of fused-ring (bicyclic) bond motifs is 6. The molecule has 0 aliphatic carbocycles. The van der Waals surface area contributed by atoms with Gasteiger partial charge < -0.3 is 4.90 Å². The van der Waals surface area contributed by atoms with Gasteiger partial charge in [-0.1, -0.05) is 177 Å². The van der Waals surface area contributed by atoms with Crippen LogP contribution in [-0.4, -0.2) is 8.07 Å². The van der Waals surface area contributed by atoms with E-state index in [-0.39, 0.29) is 0 Å². The Morgan fingerprint density at radius 1 is 0.333 bits per heavy atom. The summed E-state index contributed by atoms with van der Waals surface area (Å²) in [6, 6.07) is 73.8. The maximum absolute atomic E-state index is 2.50. The molecule has 0 saturated carbocycles. The Morgan fingerprint density at radius 2 is 0.870 bits per heavy atom. The second kappa shape index (κ2) is 12.9. The van der Waals surface area contributed by atoms with E-state index >= 15 is 0 Å². The van der Waals surface area contributed by atoms with E-state index in [2.05, 4.69) is 218 Å². The molecule has 0 atom stereocenters. The highest BCUT2D eigenvalue weighted by molar-refractivity contribution is 7.04. The zero-order chi connectivity index (χ0) is 36.2. The molecule has 10 rings (SSSR count). The second-order valence-electron chi connectivity index (χ2n) is 14.9. The molecule has 0 spiro atoms. The van der Waals surface area contributed by atoms with Gasteiger partial charge in [0.1, 0.15) is 8.07 Å². The molecular weight excluding hydrogens is 667 g/mol. The van der Waals surface area contributed by atoms with Gasteiger partial charge in [-0.2, -0.15) is 0 Å². The number of benzene rings is 9. The van der Waals surface area contributed by atoms with Gasteiger partial charge in [0.15, 0.2) is 0 Å². The van der Waals surface area contributed by atoms with E-state index in [0.29, 0.717) is 0 Å². The number of hydrogen-bond acceptors (Lipinski definition) is 1. The molecule has 0 unspecified atom stereocenters. The molecule has 0 fully saturated rings. The first-order chi connectivity index (χ1) is 26.5. The highest BCUT2D eigenvalue weighted by Gasteiger charge is 2.39. The molecule has 1 aliphatic heterocycles. The average Bonchev–Trinajstić information content (AvgIpc) is 3.48. The second-order valence-corrected chi connectivity index (χ2v) is 19.2. The van der Waals surface area contributed by atoms with Crippen LogP contribution in [0.5, 0.6) is 0 Å². The summed E-state index contributed by atoms with van der Waals surface area (Å²) in [5.74, 6) is 0. The lowest BCUT2D eigenvalue weighted by molar-refractivity contribution is 1.29. The van der Waals surface area contributed by atoms with E-state index in [4.69, 9.17) is 0 Å².